The topological polar surface area (TPSA) is 44.4 Å². The first-order chi connectivity index (χ1) is 8.65. The summed E-state index contributed by atoms with van der Waals surface area (Å²) in [6.45, 7) is 8.70. The zero-order valence-corrected chi connectivity index (χ0v) is 11.7. The monoisotopic (exact) mass is 253 g/mol. The molecule has 0 saturated carbocycles. The van der Waals surface area contributed by atoms with E-state index in [0.717, 1.165) is 19.5 Å². The molecule has 2 aliphatic heterocycles. The second kappa shape index (κ2) is 6.53. The molecule has 2 rings (SSSR count). The lowest BCUT2D eigenvalue weighted by molar-refractivity contribution is -0.124. The van der Waals surface area contributed by atoms with Gasteiger partial charge in [0.25, 0.3) is 0 Å². The molecule has 0 aliphatic carbocycles. The molecule has 2 saturated heterocycles. The average Bonchev–Trinajstić information content (AvgIpc) is 2.81. The van der Waals surface area contributed by atoms with Crippen LogP contribution < -0.4 is 10.6 Å². The number of hydrogen-bond donors (Lipinski definition) is 2. The third kappa shape index (κ3) is 3.95. The molecule has 0 aromatic heterocycles. The van der Waals surface area contributed by atoms with Gasteiger partial charge in [0.05, 0.1) is 6.04 Å². The highest BCUT2D eigenvalue weighted by Crippen LogP contribution is 2.15. The molecule has 3 atom stereocenters. The predicted octanol–water partition coefficient (Wildman–Crippen LogP) is 0.975. The van der Waals surface area contributed by atoms with E-state index in [4.69, 9.17) is 0 Å². The van der Waals surface area contributed by atoms with Crippen molar-refractivity contribution in [2.75, 3.05) is 26.2 Å². The van der Waals surface area contributed by atoms with Gasteiger partial charge in [-0.3, -0.25) is 4.79 Å². The first-order valence-electron chi connectivity index (χ1n) is 7.41. The van der Waals surface area contributed by atoms with Gasteiger partial charge in [0.1, 0.15) is 0 Å². The van der Waals surface area contributed by atoms with Crippen LogP contribution in [0.2, 0.25) is 0 Å². The van der Waals surface area contributed by atoms with Crippen LogP contribution in [-0.2, 0) is 4.79 Å². The van der Waals surface area contributed by atoms with E-state index in [9.17, 15) is 4.79 Å². The summed E-state index contributed by atoms with van der Waals surface area (Å²) >= 11 is 0. The molecule has 0 spiro atoms. The van der Waals surface area contributed by atoms with Crippen LogP contribution in [0.4, 0.5) is 0 Å². The van der Waals surface area contributed by atoms with Gasteiger partial charge in [0.2, 0.25) is 5.91 Å². The van der Waals surface area contributed by atoms with Crippen molar-refractivity contribution >= 4 is 5.91 Å². The molecule has 0 radical (unpaired) electrons. The largest absolute Gasteiger partial charge is 0.351 e. The molecule has 104 valence electrons. The Bertz CT molecular complexity index is 276. The lowest BCUT2D eigenvalue weighted by Gasteiger charge is -2.29. The summed E-state index contributed by atoms with van der Waals surface area (Å²) in [5.41, 5.74) is 0. The Balaban J connectivity index is 1.72. The van der Waals surface area contributed by atoms with Crippen molar-refractivity contribution in [1.29, 1.82) is 0 Å². The standard InChI is InChI=1S/C14H27N3O/c1-11-5-6-15-13(9-11)14(18)16-12(2)10-17-7-3-4-8-17/h11-13,15H,3-10H2,1-2H3,(H,16,18). The van der Waals surface area contributed by atoms with Crippen LogP contribution in [-0.4, -0.2) is 49.1 Å². The Morgan fingerprint density at radius 2 is 2.17 bits per heavy atom. The number of nitrogens with zero attached hydrogens (tertiary/aromatic N) is 1. The van der Waals surface area contributed by atoms with Crippen molar-refractivity contribution in [3.05, 3.63) is 0 Å². The van der Waals surface area contributed by atoms with Crippen LogP contribution in [0.3, 0.4) is 0 Å². The summed E-state index contributed by atoms with van der Waals surface area (Å²) in [5.74, 6) is 0.851. The van der Waals surface area contributed by atoms with E-state index in [2.05, 4.69) is 29.4 Å². The minimum Gasteiger partial charge on any atom is -0.351 e. The fraction of sp³-hybridized carbons (Fsp3) is 0.929. The summed E-state index contributed by atoms with van der Waals surface area (Å²) < 4.78 is 0. The minimum atomic E-state index is 0.0229. The highest BCUT2D eigenvalue weighted by Gasteiger charge is 2.25. The normalized spacial score (nSPS) is 31.2. The lowest BCUT2D eigenvalue weighted by Crippen LogP contribution is -2.52. The molecular weight excluding hydrogens is 226 g/mol. The number of piperidine rings is 1. The molecule has 2 heterocycles. The zero-order valence-electron chi connectivity index (χ0n) is 11.7. The highest BCUT2D eigenvalue weighted by molar-refractivity contribution is 5.82. The smallest absolute Gasteiger partial charge is 0.237 e. The van der Waals surface area contributed by atoms with Crippen LogP contribution in [0, 0.1) is 5.92 Å². The van der Waals surface area contributed by atoms with Crippen LogP contribution in [0.5, 0.6) is 0 Å². The van der Waals surface area contributed by atoms with E-state index >= 15 is 0 Å². The first-order valence-corrected chi connectivity index (χ1v) is 7.41. The molecule has 4 heteroatoms. The number of carbonyl (C=O) groups is 1. The molecule has 2 fully saturated rings. The van der Waals surface area contributed by atoms with Gasteiger partial charge in [0.15, 0.2) is 0 Å². The van der Waals surface area contributed by atoms with Gasteiger partial charge in [-0.25, -0.2) is 0 Å². The average molecular weight is 253 g/mol. The molecule has 0 aromatic rings. The zero-order chi connectivity index (χ0) is 13.0. The van der Waals surface area contributed by atoms with Gasteiger partial charge in [-0.05, 0) is 58.2 Å². The summed E-state index contributed by atoms with van der Waals surface area (Å²) in [4.78, 5) is 14.6. The van der Waals surface area contributed by atoms with E-state index in [1.165, 1.54) is 32.4 Å². The van der Waals surface area contributed by atoms with E-state index in [0.29, 0.717) is 5.92 Å². The maximum atomic E-state index is 12.1. The Labute approximate surface area is 110 Å². The van der Waals surface area contributed by atoms with Gasteiger partial charge in [-0.15, -0.1) is 0 Å². The second-order valence-electron chi connectivity index (χ2n) is 6.05. The molecule has 2 aliphatic rings. The molecule has 2 N–H and O–H groups in total. The fourth-order valence-corrected chi connectivity index (χ4v) is 3.05. The van der Waals surface area contributed by atoms with Gasteiger partial charge in [0, 0.05) is 12.6 Å². The molecule has 18 heavy (non-hydrogen) atoms. The number of nitrogens with one attached hydrogen (secondary N) is 2. The summed E-state index contributed by atoms with van der Waals surface area (Å²) in [6.07, 6.45) is 4.78. The maximum absolute atomic E-state index is 12.1. The molecular formula is C14H27N3O. The van der Waals surface area contributed by atoms with Gasteiger partial charge >= 0.3 is 0 Å². The van der Waals surface area contributed by atoms with Gasteiger partial charge < -0.3 is 15.5 Å². The summed E-state index contributed by atoms with van der Waals surface area (Å²) in [5, 5.41) is 6.48. The Hall–Kier alpha value is -0.610. The Kier molecular flexibility index (Phi) is 5.01. The van der Waals surface area contributed by atoms with Crippen molar-refractivity contribution in [1.82, 2.24) is 15.5 Å². The Morgan fingerprint density at radius 3 is 2.83 bits per heavy atom. The number of amides is 1. The lowest BCUT2D eigenvalue weighted by atomic mass is 9.94. The van der Waals surface area contributed by atoms with Crippen LogP contribution >= 0.6 is 0 Å². The third-order valence-electron chi connectivity index (χ3n) is 4.10. The third-order valence-corrected chi connectivity index (χ3v) is 4.10. The fourth-order valence-electron chi connectivity index (χ4n) is 3.05. The van der Waals surface area contributed by atoms with Crippen molar-refractivity contribution in [3.63, 3.8) is 0 Å². The molecule has 0 bridgehead atoms. The van der Waals surface area contributed by atoms with E-state index < -0.39 is 0 Å². The van der Waals surface area contributed by atoms with Crippen LogP contribution in [0.25, 0.3) is 0 Å². The predicted molar refractivity (Wildman–Crippen MR) is 73.5 cm³/mol. The SMILES string of the molecule is CC1CCNC(C(=O)NC(C)CN2CCCC2)C1. The maximum Gasteiger partial charge on any atom is 0.237 e. The number of hydrogen-bond acceptors (Lipinski definition) is 3. The number of likely N-dealkylation sites (tertiary alicyclic amines) is 1. The van der Waals surface area contributed by atoms with Crippen LogP contribution in [0.15, 0.2) is 0 Å². The molecule has 3 unspecified atom stereocenters. The molecule has 4 nitrogen and oxygen atoms in total. The summed E-state index contributed by atoms with van der Waals surface area (Å²) in [6, 6.07) is 0.282. The minimum absolute atomic E-state index is 0.0229. The van der Waals surface area contributed by atoms with Crippen molar-refractivity contribution < 1.29 is 4.79 Å². The summed E-state index contributed by atoms with van der Waals surface area (Å²) in [7, 11) is 0. The second-order valence-corrected chi connectivity index (χ2v) is 6.05. The Morgan fingerprint density at radius 1 is 1.44 bits per heavy atom. The highest BCUT2D eigenvalue weighted by atomic mass is 16.2. The van der Waals surface area contributed by atoms with E-state index in [1.807, 2.05) is 0 Å². The van der Waals surface area contributed by atoms with Crippen molar-refractivity contribution in [3.8, 4) is 0 Å². The molecule has 1 amide bonds. The van der Waals surface area contributed by atoms with Crippen LogP contribution in [0.1, 0.15) is 39.5 Å². The van der Waals surface area contributed by atoms with Crippen molar-refractivity contribution in [2.45, 2.75) is 51.6 Å². The molecule has 0 aromatic carbocycles. The van der Waals surface area contributed by atoms with Crippen molar-refractivity contribution in [2.24, 2.45) is 5.92 Å². The first kappa shape index (κ1) is 13.8. The van der Waals surface area contributed by atoms with E-state index in [1.54, 1.807) is 0 Å². The quantitative estimate of drug-likeness (QED) is 0.785. The van der Waals surface area contributed by atoms with E-state index in [-0.39, 0.29) is 18.0 Å². The number of rotatable bonds is 4. The van der Waals surface area contributed by atoms with Gasteiger partial charge in [-0.1, -0.05) is 6.92 Å². The van der Waals surface area contributed by atoms with Gasteiger partial charge in [-0.2, -0.15) is 0 Å². The number of carbonyl (C=O) groups excluding carboxylic acids is 1.